The van der Waals surface area contributed by atoms with Crippen LogP contribution in [0.4, 0.5) is 0 Å². The molecule has 0 radical (unpaired) electrons. The molecule has 11 heavy (non-hydrogen) atoms. The number of nitrogens with one attached hydrogen (secondary N) is 1. The maximum atomic E-state index is 3.94. The summed E-state index contributed by atoms with van der Waals surface area (Å²) in [7, 11) is 0. The van der Waals surface area contributed by atoms with Gasteiger partial charge in [-0.05, 0) is 12.1 Å². The fourth-order valence-electron chi connectivity index (χ4n) is 0.913. The van der Waals surface area contributed by atoms with Crippen LogP contribution in [0.3, 0.4) is 0 Å². The third-order valence-electron chi connectivity index (χ3n) is 1.41. The Morgan fingerprint density at radius 2 is 2.55 bits per heavy atom. The van der Waals surface area contributed by atoms with Crippen molar-refractivity contribution in [2.24, 2.45) is 0 Å². The van der Waals surface area contributed by atoms with Crippen LogP contribution in [-0.4, -0.2) is 15.2 Å². The van der Waals surface area contributed by atoms with Crippen LogP contribution in [0.15, 0.2) is 23.8 Å². The minimum absolute atomic E-state index is 0.859. The molecule has 0 aliphatic heterocycles. The highest BCUT2D eigenvalue weighted by Crippen LogP contribution is 2.07. The predicted octanol–water partition coefficient (Wildman–Crippen LogP) is 1.46. The van der Waals surface area contributed by atoms with Gasteiger partial charge >= 0.3 is 0 Å². The molecule has 0 bridgehead atoms. The van der Waals surface area contributed by atoms with Crippen LogP contribution >= 0.6 is 11.3 Å². The maximum Gasteiger partial charge on any atom is 0.123 e. The van der Waals surface area contributed by atoms with Crippen molar-refractivity contribution in [3.05, 3.63) is 34.5 Å². The molecule has 1 N–H and O–H groups in total. The van der Waals surface area contributed by atoms with Crippen molar-refractivity contribution >= 4 is 11.3 Å². The third-order valence-corrected chi connectivity index (χ3v) is 2.11. The molecule has 2 heterocycles. The summed E-state index contributed by atoms with van der Waals surface area (Å²) in [6.45, 7) is 0. The smallest absolute Gasteiger partial charge is 0.123 e. The van der Waals surface area contributed by atoms with Crippen molar-refractivity contribution in [2.45, 2.75) is 6.42 Å². The van der Waals surface area contributed by atoms with Gasteiger partial charge in [-0.1, -0.05) is 0 Å². The topological polar surface area (TPSA) is 41.6 Å². The maximum absolute atomic E-state index is 3.94. The Morgan fingerprint density at radius 1 is 1.55 bits per heavy atom. The van der Waals surface area contributed by atoms with Crippen LogP contribution in [0.2, 0.25) is 0 Å². The van der Waals surface area contributed by atoms with Gasteiger partial charge in [0.2, 0.25) is 0 Å². The van der Waals surface area contributed by atoms with E-state index in [1.807, 2.05) is 18.3 Å². The average molecular weight is 165 g/mol. The fraction of sp³-hybridized carbons (Fsp3) is 0.143. The van der Waals surface area contributed by atoms with Crippen LogP contribution < -0.4 is 0 Å². The van der Waals surface area contributed by atoms with Crippen LogP contribution in [0.25, 0.3) is 0 Å². The zero-order chi connectivity index (χ0) is 7.52. The van der Waals surface area contributed by atoms with Gasteiger partial charge in [0.15, 0.2) is 0 Å². The first-order valence-corrected chi connectivity index (χ1v) is 4.20. The Hall–Kier alpha value is -1.16. The van der Waals surface area contributed by atoms with Gasteiger partial charge in [0, 0.05) is 18.3 Å². The molecule has 0 saturated carbocycles. The van der Waals surface area contributed by atoms with Gasteiger partial charge in [-0.3, -0.25) is 0 Å². The lowest BCUT2D eigenvalue weighted by Gasteiger charge is -1.88. The number of hydrogen-bond acceptors (Lipinski definition) is 3. The van der Waals surface area contributed by atoms with Crippen molar-refractivity contribution in [1.29, 1.82) is 0 Å². The van der Waals surface area contributed by atoms with Crippen molar-refractivity contribution in [1.82, 2.24) is 15.2 Å². The molecule has 0 amide bonds. The lowest BCUT2D eigenvalue weighted by molar-refractivity contribution is 0.985. The lowest BCUT2D eigenvalue weighted by Crippen LogP contribution is -1.86. The SMILES string of the molecule is c1c[nH]c(Cc2nncs2)c1. The minimum atomic E-state index is 0.859. The predicted molar refractivity (Wildman–Crippen MR) is 43.5 cm³/mol. The molecule has 56 valence electrons. The summed E-state index contributed by atoms with van der Waals surface area (Å²) < 4.78 is 0. The van der Waals surface area contributed by atoms with E-state index in [1.54, 1.807) is 16.8 Å². The zero-order valence-corrected chi connectivity index (χ0v) is 6.64. The largest absolute Gasteiger partial charge is 0.365 e. The minimum Gasteiger partial charge on any atom is -0.365 e. The molecule has 2 aromatic rings. The Labute approximate surface area is 68.1 Å². The summed E-state index contributed by atoms with van der Waals surface area (Å²) in [4.78, 5) is 3.11. The molecular weight excluding hydrogens is 158 g/mol. The van der Waals surface area contributed by atoms with E-state index in [0.29, 0.717) is 0 Å². The number of aromatic amines is 1. The Bertz CT molecular complexity index is 266. The molecule has 0 atom stereocenters. The van der Waals surface area contributed by atoms with Gasteiger partial charge in [0.05, 0.1) is 0 Å². The van der Waals surface area contributed by atoms with Crippen LogP contribution in [0.5, 0.6) is 0 Å². The van der Waals surface area contributed by atoms with Crippen molar-refractivity contribution in [2.75, 3.05) is 0 Å². The summed E-state index contributed by atoms with van der Waals surface area (Å²) in [6.07, 6.45) is 2.77. The second-order valence-electron chi connectivity index (χ2n) is 2.20. The second-order valence-corrected chi connectivity index (χ2v) is 3.12. The summed E-state index contributed by atoms with van der Waals surface area (Å²) >= 11 is 1.58. The van der Waals surface area contributed by atoms with Gasteiger partial charge < -0.3 is 4.98 Å². The number of H-pyrrole nitrogens is 1. The first kappa shape index (κ1) is 6.54. The van der Waals surface area contributed by atoms with Gasteiger partial charge in [-0.25, -0.2) is 0 Å². The highest BCUT2D eigenvalue weighted by atomic mass is 32.1. The highest BCUT2D eigenvalue weighted by Gasteiger charge is 1.98. The summed E-state index contributed by atoms with van der Waals surface area (Å²) in [5.74, 6) is 0. The van der Waals surface area contributed by atoms with Gasteiger partial charge in [0.1, 0.15) is 10.5 Å². The van der Waals surface area contributed by atoms with E-state index in [1.165, 1.54) is 5.69 Å². The van der Waals surface area contributed by atoms with E-state index < -0.39 is 0 Å². The van der Waals surface area contributed by atoms with Gasteiger partial charge in [-0.2, -0.15) is 0 Å². The van der Waals surface area contributed by atoms with Crippen LogP contribution in [-0.2, 0) is 6.42 Å². The molecule has 0 aromatic carbocycles. The van der Waals surface area contributed by atoms with E-state index in [0.717, 1.165) is 11.4 Å². The normalized spacial score (nSPS) is 10.2. The van der Waals surface area contributed by atoms with Crippen LogP contribution in [0, 0.1) is 0 Å². The average Bonchev–Trinajstić information content (AvgIpc) is 2.60. The number of hydrogen-bond donors (Lipinski definition) is 1. The Kier molecular flexibility index (Phi) is 1.69. The molecule has 2 rings (SSSR count). The molecule has 0 aliphatic carbocycles. The molecule has 0 aliphatic rings. The lowest BCUT2D eigenvalue weighted by atomic mass is 10.3. The van der Waals surface area contributed by atoms with E-state index >= 15 is 0 Å². The Morgan fingerprint density at radius 3 is 3.18 bits per heavy atom. The van der Waals surface area contributed by atoms with Crippen molar-refractivity contribution in [3.63, 3.8) is 0 Å². The molecule has 0 saturated heterocycles. The van der Waals surface area contributed by atoms with E-state index in [9.17, 15) is 0 Å². The molecule has 0 unspecified atom stereocenters. The number of nitrogens with zero attached hydrogens (tertiary/aromatic N) is 2. The highest BCUT2D eigenvalue weighted by molar-refractivity contribution is 7.09. The number of aromatic nitrogens is 3. The molecule has 0 spiro atoms. The van der Waals surface area contributed by atoms with Crippen molar-refractivity contribution in [3.8, 4) is 0 Å². The molecule has 4 heteroatoms. The summed E-state index contributed by atoms with van der Waals surface area (Å²) in [6, 6.07) is 4.03. The molecular formula is C7H7N3S. The first-order valence-electron chi connectivity index (χ1n) is 3.32. The van der Waals surface area contributed by atoms with Gasteiger partial charge in [-0.15, -0.1) is 21.5 Å². The van der Waals surface area contributed by atoms with Crippen LogP contribution in [0.1, 0.15) is 10.7 Å². The quantitative estimate of drug-likeness (QED) is 0.731. The third kappa shape index (κ3) is 1.46. The van der Waals surface area contributed by atoms with E-state index in [4.69, 9.17) is 0 Å². The molecule has 0 fully saturated rings. The summed E-state index contributed by atoms with van der Waals surface area (Å²) in [5.41, 5.74) is 2.93. The molecule has 3 nitrogen and oxygen atoms in total. The standard InChI is InChI=1S/C7H7N3S/c1-2-6(8-3-1)4-7-10-9-5-11-7/h1-3,5,8H,4H2. The monoisotopic (exact) mass is 165 g/mol. The van der Waals surface area contributed by atoms with Gasteiger partial charge in [0.25, 0.3) is 0 Å². The molecule has 2 aromatic heterocycles. The Balaban J connectivity index is 2.14. The number of rotatable bonds is 2. The zero-order valence-electron chi connectivity index (χ0n) is 5.82. The van der Waals surface area contributed by atoms with E-state index in [2.05, 4.69) is 15.2 Å². The summed E-state index contributed by atoms with van der Waals surface area (Å²) in [5, 5.41) is 8.75. The van der Waals surface area contributed by atoms with Crippen molar-refractivity contribution < 1.29 is 0 Å². The fourth-order valence-corrected chi connectivity index (χ4v) is 1.46. The van der Waals surface area contributed by atoms with E-state index in [-0.39, 0.29) is 0 Å². The first-order chi connectivity index (χ1) is 5.45. The second kappa shape index (κ2) is 2.84.